The lowest BCUT2D eigenvalue weighted by atomic mass is 9.98. The van der Waals surface area contributed by atoms with E-state index >= 15 is 0 Å². The Bertz CT molecular complexity index is 888. The van der Waals surface area contributed by atoms with E-state index in [0.717, 1.165) is 12.8 Å². The number of anilines is 1. The average molecular weight is 386 g/mol. The second kappa shape index (κ2) is 8.10. The first-order valence-corrected chi connectivity index (χ1v) is 9.60. The molecule has 148 valence electrons. The lowest BCUT2D eigenvalue weighted by Gasteiger charge is -2.37. The van der Waals surface area contributed by atoms with Crippen LogP contribution in [0.4, 0.5) is 10.3 Å². The van der Waals surface area contributed by atoms with Crippen molar-refractivity contribution < 1.29 is 13.9 Å². The Hall–Kier alpha value is -2.74. The Balaban J connectivity index is 1.48. The van der Waals surface area contributed by atoms with E-state index in [2.05, 4.69) is 9.97 Å². The molecule has 1 N–H and O–H groups in total. The van der Waals surface area contributed by atoms with Crippen molar-refractivity contribution in [2.75, 3.05) is 44.3 Å². The summed E-state index contributed by atoms with van der Waals surface area (Å²) in [5, 5.41) is 0. The molecular weight excluding hydrogens is 363 g/mol. The fraction of sp³-hybridized carbons (Fsp3) is 0.450. The highest BCUT2D eigenvalue weighted by Gasteiger charge is 2.29. The first-order valence-electron chi connectivity index (χ1n) is 9.60. The van der Waals surface area contributed by atoms with Gasteiger partial charge in [0, 0.05) is 50.9 Å². The zero-order chi connectivity index (χ0) is 19.5. The number of rotatable bonds is 3. The van der Waals surface area contributed by atoms with Crippen LogP contribution in [-0.4, -0.2) is 60.2 Å². The third-order valence-electron chi connectivity index (χ3n) is 5.36. The summed E-state index contributed by atoms with van der Waals surface area (Å²) in [6.07, 6.45) is 1.54. The number of piperazine rings is 1. The van der Waals surface area contributed by atoms with Crippen molar-refractivity contribution in [2.24, 2.45) is 5.92 Å². The van der Waals surface area contributed by atoms with Crippen molar-refractivity contribution in [1.82, 2.24) is 14.9 Å². The number of amides is 1. The second-order valence-corrected chi connectivity index (χ2v) is 7.12. The Morgan fingerprint density at radius 2 is 1.79 bits per heavy atom. The van der Waals surface area contributed by atoms with E-state index in [1.54, 1.807) is 24.3 Å². The zero-order valence-corrected chi connectivity index (χ0v) is 15.6. The SMILES string of the molecule is O=C(C1CCOCC1)N1CCN(c2nc(-c3ccccc3)c(F)c(=O)[nH]2)CC1. The number of hydrogen-bond donors (Lipinski definition) is 1. The van der Waals surface area contributed by atoms with Gasteiger partial charge in [0.05, 0.1) is 0 Å². The van der Waals surface area contributed by atoms with Crippen molar-refractivity contribution in [3.05, 3.63) is 46.5 Å². The van der Waals surface area contributed by atoms with Crippen LogP contribution in [0.2, 0.25) is 0 Å². The van der Waals surface area contributed by atoms with E-state index in [0.29, 0.717) is 50.9 Å². The fourth-order valence-corrected chi connectivity index (χ4v) is 3.73. The highest BCUT2D eigenvalue weighted by molar-refractivity contribution is 5.79. The van der Waals surface area contributed by atoms with Crippen LogP contribution in [0.3, 0.4) is 0 Å². The number of benzene rings is 1. The summed E-state index contributed by atoms with van der Waals surface area (Å²) in [5.41, 5.74) is -0.190. The van der Waals surface area contributed by atoms with Gasteiger partial charge in [0.1, 0.15) is 5.69 Å². The topological polar surface area (TPSA) is 78.5 Å². The minimum Gasteiger partial charge on any atom is -0.381 e. The van der Waals surface area contributed by atoms with Crippen molar-refractivity contribution in [1.29, 1.82) is 0 Å². The van der Waals surface area contributed by atoms with Crippen molar-refractivity contribution in [3.8, 4) is 11.3 Å². The minimum atomic E-state index is -0.886. The van der Waals surface area contributed by atoms with E-state index in [1.807, 2.05) is 15.9 Å². The average Bonchev–Trinajstić information content (AvgIpc) is 2.76. The number of aromatic amines is 1. The zero-order valence-electron chi connectivity index (χ0n) is 15.6. The first kappa shape index (κ1) is 18.6. The second-order valence-electron chi connectivity index (χ2n) is 7.12. The number of carbonyl (C=O) groups excluding carboxylic acids is 1. The first-order chi connectivity index (χ1) is 13.6. The highest BCUT2D eigenvalue weighted by Crippen LogP contribution is 2.22. The van der Waals surface area contributed by atoms with Crippen LogP contribution in [-0.2, 0) is 9.53 Å². The summed E-state index contributed by atoms with van der Waals surface area (Å²) in [6.45, 7) is 3.46. The monoisotopic (exact) mass is 386 g/mol. The van der Waals surface area contributed by atoms with Gasteiger partial charge in [0.2, 0.25) is 17.7 Å². The highest BCUT2D eigenvalue weighted by atomic mass is 19.1. The molecule has 8 heteroatoms. The number of nitrogens with one attached hydrogen (secondary N) is 1. The van der Waals surface area contributed by atoms with Gasteiger partial charge in [-0.15, -0.1) is 0 Å². The van der Waals surface area contributed by atoms with Crippen LogP contribution in [0.1, 0.15) is 12.8 Å². The maximum Gasteiger partial charge on any atom is 0.289 e. The van der Waals surface area contributed by atoms with Gasteiger partial charge in [-0.2, -0.15) is 4.39 Å². The molecular formula is C20H23FN4O3. The standard InChI is InChI=1S/C20H23FN4O3/c21-16-17(14-4-2-1-3-5-14)22-20(23-18(16)26)25-10-8-24(9-11-25)19(27)15-6-12-28-13-7-15/h1-5,15H,6-13H2,(H,22,23,26). The lowest BCUT2D eigenvalue weighted by molar-refractivity contribution is -0.138. The number of halogens is 1. The van der Waals surface area contributed by atoms with Gasteiger partial charge >= 0.3 is 0 Å². The predicted molar refractivity (Wildman–Crippen MR) is 103 cm³/mol. The third-order valence-corrected chi connectivity index (χ3v) is 5.36. The molecule has 0 unspecified atom stereocenters. The molecule has 2 aliphatic rings. The van der Waals surface area contributed by atoms with Crippen LogP contribution < -0.4 is 10.5 Å². The molecule has 3 heterocycles. The van der Waals surface area contributed by atoms with Crippen molar-refractivity contribution in [3.63, 3.8) is 0 Å². The van der Waals surface area contributed by atoms with Gasteiger partial charge in [-0.05, 0) is 12.8 Å². The molecule has 2 saturated heterocycles. The molecule has 0 saturated carbocycles. The molecule has 0 atom stereocenters. The molecule has 1 aromatic carbocycles. The Kier molecular flexibility index (Phi) is 5.38. The summed E-state index contributed by atoms with van der Waals surface area (Å²) in [5.74, 6) is -0.339. The van der Waals surface area contributed by atoms with Gasteiger partial charge in [-0.1, -0.05) is 30.3 Å². The normalized spacial score (nSPS) is 18.3. The summed E-state index contributed by atoms with van der Waals surface area (Å²) >= 11 is 0. The molecule has 4 rings (SSSR count). The Labute approximate surface area is 162 Å². The molecule has 0 bridgehead atoms. The number of aromatic nitrogens is 2. The van der Waals surface area contributed by atoms with E-state index in [4.69, 9.17) is 4.74 Å². The molecule has 0 radical (unpaired) electrons. The van der Waals surface area contributed by atoms with Crippen LogP contribution in [0.15, 0.2) is 35.1 Å². The molecule has 2 fully saturated rings. The third kappa shape index (κ3) is 3.77. The molecule has 0 spiro atoms. The van der Waals surface area contributed by atoms with Gasteiger partial charge < -0.3 is 14.5 Å². The molecule has 2 aliphatic heterocycles. The lowest BCUT2D eigenvalue weighted by Crippen LogP contribution is -2.51. The maximum atomic E-state index is 14.3. The summed E-state index contributed by atoms with van der Waals surface area (Å²) in [4.78, 5) is 35.4. The van der Waals surface area contributed by atoms with Crippen LogP contribution in [0.25, 0.3) is 11.3 Å². The molecule has 1 amide bonds. The van der Waals surface area contributed by atoms with Gasteiger partial charge in [-0.3, -0.25) is 14.6 Å². The predicted octanol–water partition coefficient (Wildman–Crippen LogP) is 1.65. The van der Waals surface area contributed by atoms with Gasteiger partial charge in [0.25, 0.3) is 5.56 Å². The molecule has 28 heavy (non-hydrogen) atoms. The van der Waals surface area contributed by atoms with E-state index < -0.39 is 11.4 Å². The summed E-state index contributed by atoms with van der Waals surface area (Å²) < 4.78 is 19.6. The van der Waals surface area contributed by atoms with Gasteiger partial charge in [0.15, 0.2) is 0 Å². The van der Waals surface area contributed by atoms with E-state index in [9.17, 15) is 14.0 Å². The number of carbonyl (C=O) groups is 1. The molecule has 0 aliphatic carbocycles. The maximum absolute atomic E-state index is 14.3. The van der Waals surface area contributed by atoms with E-state index in [1.165, 1.54) is 0 Å². The van der Waals surface area contributed by atoms with Gasteiger partial charge in [-0.25, -0.2) is 4.98 Å². The van der Waals surface area contributed by atoms with Crippen LogP contribution >= 0.6 is 0 Å². The summed E-state index contributed by atoms with van der Waals surface area (Å²) in [7, 11) is 0. The number of hydrogen-bond acceptors (Lipinski definition) is 5. The fourth-order valence-electron chi connectivity index (χ4n) is 3.73. The van der Waals surface area contributed by atoms with E-state index in [-0.39, 0.29) is 17.5 Å². The molecule has 7 nitrogen and oxygen atoms in total. The van der Waals surface area contributed by atoms with Crippen LogP contribution in [0.5, 0.6) is 0 Å². The molecule has 1 aromatic heterocycles. The number of nitrogens with zero attached hydrogens (tertiary/aromatic N) is 3. The minimum absolute atomic E-state index is 0.0359. The number of H-pyrrole nitrogens is 1. The number of ether oxygens (including phenoxy) is 1. The smallest absolute Gasteiger partial charge is 0.289 e. The largest absolute Gasteiger partial charge is 0.381 e. The van der Waals surface area contributed by atoms with Crippen molar-refractivity contribution >= 4 is 11.9 Å². The Morgan fingerprint density at radius 1 is 1.11 bits per heavy atom. The van der Waals surface area contributed by atoms with Crippen molar-refractivity contribution in [2.45, 2.75) is 12.8 Å². The Morgan fingerprint density at radius 3 is 2.46 bits per heavy atom. The molecule has 2 aromatic rings. The quantitative estimate of drug-likeness (QED) is 0.868. The summed E-state index contributed by atoms with van der Waals surface area (Å²) in [6, 6.07) is 8.82. The van der Waals surface area contributed by atoms with Crippen LogP contribution in [0, 0.1) is 11.7 Å².